The van der Waals surface area contributed by atoms with E-state index in [0.717, 1.165) is 6.07 Å². The highest BCUT2D eigenvalue weighted by atomic mass is 32.2. The van der Waals surface area contributed by atoms with Gasteiger partial charge in [-0.3, -0.25) is 0 Å². The molecule has 1 saturated heterocycles. The minimum atomic E-state index is -3.63. The van der Waals surface area contributed by atoms with Gasteiger partial charge in [0.1, 0.15) is 5.82 Å². The van der Waals surface area contributed by atoms with Crippen molar-refractivity contribution in [2.45, 2.75) is 30.8 Å². The lowest BCUT2D eigenvalue weighted by molar-refractivity contribution is 0.220. The second-order valence-electron chi connectivity index (χ2n) is 4.65. The van der Waals surface area contributed by atoms with Gasteiger partial charge in [0, 0.05) is 25.2 Å². The Morgan fingerprint density at radius 1 is 1.28 bits per heavy atom. The van der Waals surface area contributed by atoms with Crippen LogP contribution in [0.25, 0.3) is 0 Å². The molecule has 6 heteroatoms. The molecule has 0 spiro atoms. The fourth-order valence-electron chi connectivity index (χ4n) is 2.34. The smallest absolute Gasteiger partial charge is 0.243 e. The first-order valence-electron chi connectivity index (χ1n) is 5.93. The zero-order valence-corrected chi connectivity index (χ0v) is 11.2. The van der Waals surface area contributed by atoms with Crippen LogP contribution in [0.2, 0.25) is 0 Å². The van der Waals surface area contributed by atoms with Crippen molar-refractivity contribution in [1.29, 1.82) is 0 Å². The Hall–Kier alpha value is -0.980. The topological polar surface area (TPSA) is 49.4 Å². The predicted molar refractivity (Wildman–Crippen MR) is 67.2 cm³/mol. The molecule has 0 aromatic heterocycles. The Labute approximate surface area is 107 Å². The lowest BCUT2D eigenvalue weighted by atomic mass is 10.2. The zero-order chi connectivity index (χ0) is 13.3. The van der Waals surface area contributed by atoms with Crippen molar-refractivity contribution < 1.29 is 12.8 Å². The van der Waals surface area contributed by atoms with Crippen LogP contribution in [0.1, 0.15) is 13.8 Å². The minimum absolute atomic E-state index is 0.0168. The van der Waals surface area contributed by atoms with Crippen LogP contribution in [-0.4, -0.2) is 37.9 Å². The van der Waals surface area contributed by atoms with Crippen molar-refractivity contribution >= 4 is 10.0 Å². The standard InChI is InChI=1S/C12H17FN2O2S/c1-9-7-14-8-10(2)15(9)18(16,17)12-5-3-4-11(13)6-12/h3-6,9-10,14H,7-8H2,1-2H3. The summed E-state index contributed by atoms with van der Waals surface area (Å²) in [5.41, 5.74) is 0. The summed E-state index contributed by atoms with van der Waals surface area (Å²) in [7, 11) is -3.63. The van der Waals surface area contributed by atoms with Crippen LogP contribution in [0.3, 0.4) is 0 Å². The largest absolute Gasteiger partial charge is 0.314 e. The van der Waals surface area contributed by atoms with Crippen molar-refractivity contribution in [1.82, 2.24) is 9.62 Å². The molecule has 2 unspecified atom stereocenters. The number of rotatable bonds is 2. The molecule has 1 N–H and O–H groups in total. The first-order chi connectivity index (χ1) is 8.43. The molecular formula is C12H17FN2O2S. The van der Waals surface area contributed by atoms with Crippen LogP contribution in [-0.2, 0) is 10.0 Å². The number of hydrogen-bond donors (Lipinski definition) is 1. The normalized spacial score (nSPS) is 26.2. The minimum Gasteiger partial charge on any atom is -0.314 e. The maximum Gasteiger partial charge on any atom is 0.243 e. The summed E-state index contributed by atoms with van der Waals surface area (Å²) in [5.74, 6) is -0.536. The third-order valence-electron chi connectivity index (χ3n) is 3.12. The van der Waals surface area contributed by atoms with Crippen LogP contribution in [0.5, 0.6) is 0 Å². The number of hydrogen-bond acceptors (Lipinski definition) is 3. The number of piperazine rings is 1. The Kier molecular flexibility index (Phi) is 3.70. The summed E-state index contributed by atoms with van der Waals surface area (Å²) in [4.78, 5) is 0.0168. The average Bonchev–Trinajstić information content (AvgIpc) is 2.28. The van der Waals surface area contributed by atoms with E-state index >= 15 is 0 Å². The number of sulfonamides is 1. The summed E-state index contributed by atoms with van der Waals surface area (Å²) < 4.78 is 39.6. The zero-order valence-electron chi connectivity index (χ0n) is 10.4. The van der Waals surface area contributed by atoms with Gasteiger partial charge in [0.05, 0.1) is 4.90 Å². The Bertz CT molecular complexity index is 523. The van der Waals surface area contributed by atoms with Gasteiger partial charge >= 0.3 is 0 Å². The first kappa shape index (κ1) is 13.5. The monoisotopic (exact) mass is 272 g/mol. The molecule has 0 bridgehead atoms. The first-order valence-corrected chi connectivity index (χ1v) is 7.37. The Balaban J connectivity index is 2.41. The van der Waals surface area contributed by atoms with Gasteiger partial charge in [0.2, 0.25) is 10.0 Å². The average molecular weight is 272 g/mol. The van der Waals surface area contributed by atoms with E-state index in [2.05, 4.69) is 5.32 Å². The molecule has 100 valence electrons. The second-order valence-corrected chi connectivity index (χ2v) is 6.49. The highest BCUT2D eigenvalue weighted by Crippen LogP contribution is 2.23. The third-order valence-corrected chi connectivity index (χ3v) is 5.24. The Morgan fingerprint density at radius 2 is 1.89 bits per heavy atom. The molecule has 1 fully saturated rings. The fraction of sp³-hybridized carbons (Fsp3) is 0.500. The van der Waals surface area contributed by atoms with E-state index in [9.17, 15) is 12.8 Å². The summed E-state index contributed by atoms with van der Waals surface area (Å²) in [6.45, 7) is 4.91. The van der Waals surface area contributed by atoms with Crippen molar-refractivity contribution in [3.05, 3.63) is 30.1 Å². The quantitative estimate of drug-likeness (QED) is 0.880. The molecule has 0 amide bonds. The molecule has 0 saturated carbocycles. The van der Waals surface area contributed by atoms with Crippen LogP contribution >= 0.6 is 0 Å². The van der Waals surface area contributed by atoms with Gasteiger partial charge in [-0.05, 0) is 32.0 Å². The van der Waals surface area contributed by atoms with E-state index in [1.54, 1.807) is 0 Å². The summed E-state index contributed by atoms with van der Waals surface area (Å²) >= 11 is 0. The molecule has 1 aliphatic heterocycles. The maximum atomic E-state index is 13.2. The molecule has 2 rings (SSSR count). The molecule has 1 heterocycles. The summed E-state index contributed by atoms with van der Waals surface area (Å²) in [5, 5.41) is 3.17. The van der Waals surface area contributed by atoms with Crippen LogP contribution < -0.4 is 5.32 Å². The molecule has 0 aliphatic carbocycles. The number of nitrogens with one attached hydrogen (secondary N) is 1. The van der Waals surface area contributed by atoms with Gasteiger partial charge < -0.3 is 5.32 Å². The molecule has 1 aromatic rings. The van der Waals surface area contributed by atoms with Crippen molar-refractivity contribution in [3.63, 3.8) is 0 Å². The van der Waals surface area contributed by atoms with Gasteiger partial charge in [-0.25, -0.2) is 12.8 Å². The molecule has 1 aliphatic rings. The van der Waals surface area contributed by atoms with Gasteiger partial charge in [0.15, 0.2) is 0 Å². The van der Waals surface area contributed by atoms with Crippen LogP contribution in [0, 0.1) is 5.82 Å². The lowest BCUT2D eigenvalue weighted by Gasteiger charge is -2.38. The summed E-state index contributed by atoms with van der Waals surface area (Å²) in [6.07, 6.45) is 0. The molecule has 4 nitrogen and oxygen atoms in total. The van der Waals surface area contributed by atoms with Crippen molar-refractivity contribution in [2.24, 2.45) is 0 Å². The van der Waals surface area contributed by atoms with E-state index in [1.807, 2.05) is 13.8 Å². The van der Waals surface area contributed by atoms with Gasteiger partial charge in [-0.1, -0.05) is 6.07 Å². The van der Waals surface area contributed by atoms with Crippen molar-refractivity contribution in [2.75, 3.05) is 13.1 Å². The van der Waals surface area contributed by atoms with E-state index in [-0.39, 0.29) is 17.0 Å². The lowest BCUT2D eigenvalue weighted by Crippen LogP contribution is -2.57. The molecule has 18 heavy (non-hydrogen) atoms. The van der Waals surface area contributed by atoms with Crippen LogP contribution in [0.4, 0.5) is 4.39 Å². The number of nitrogens with zero attached hydrogens (tertiary/aromatic N) is 1. The molecule has 1 aromatic carbocycles. The fourth-order valence-corrected chi connectivity index (χ4v) is 4.19. The van der Waals surface area contributed by atoms with E-state index in [4.69, 9.17) is 0 Å². The van der Waals surface area contributed by atoms with E-state index in [1.165, 1.54) is 22.5 Å². The molecule has 0 radical (unpaired) electrons. The maximum absolute atomic E-state index is 13.2. The number of benzene rings is 1. The summed E-state index contributed by atoms with van der Waals surface area (Å²) in [6, 6.07) is 4.88. The SMILES string of the molecule is CC1CNCC(C)N1S(=O)(=O)c1cccc(F)c1. The molecule has 2 atom stereocenters. The highest BCUT2D eigenvalue weighted by molar-refractivity contribution is 7.89. The van der Waals surface area contributed by atoms with Gasteiger partial charge in [0.25, 0.3) is 0 Å². The van der Waals surface area contributed by atoms with E-state index < -0.39 is 15.8 Å². The number of halogens is 1. The van der Waals surface area contributed by atoms with Crippen LogP contribution in [0.15, 0.2) is 29.2 Å². The molecular weight excluding hydrogens is 255 g/mol. The van der Waals surface area contributed by atoms with Gasteiger partial charge in [-0.2, -0.15) is 4.31 Å². The van der Waals surface area contributed by atoms with Crippen molar-refractivity contribution in [3.8, 4) is 0 Å². The highest BCUT2D eigenvalue weighted by Gasteiger charge is 2.35. The predicted octanol–water partition coefficient (Wildman–Crippen LogP) is 1.20. The third kappa shape index (κ3) is 2.41. The Morgan fingerprint density at radius 3 is 2.44 bits per heavy atom. The second kappa shape index (κ2) is 4.95. The van der Waals surface area contributed by atoms with Gasteiger partial charge in [-0.15, -0.1) is 0 Å². The van der Waals surface area contributed by atoms with E-state index in [0.29, 0.717) is 13.1 Å².